The molecule has 0 bridgehead atoms. The summed E-state index contributed by atoms with van der Waals surface area (Å²) >= 11 is 6.17. The van der Waals surface area contributed by atoms with Gasteiger partial charge >= 0.3 is 0 Å². The molecule has 1 aliphatic heterocycles. The van der Waals surface area contributed by atoms with Crippen molar-refractivity contribution in [3.05, 3.63) is 34.9 Å². The van der Waals surface area contributed by atoms with Crippen molar-refractivity contribution in [1.29, 1.82) is 0 Å². The maximum Gasteiger partial charge on any atom is 0.145 e. The summed E-state index contributed by atoms with van der Waals surface area (Å²) in [6, 6.07) is 7.92. The van der Waals surface area contributed by atoms with E-state index in [9.17, 15) is 0 Å². The molecule has 1 aromatic rings. The van der Waals surface area contributed by atoms with Crippen LogP contribution in [-0.4, -0.2) is 29.0 Å². The molecule has 1 heterocycles. The second-order valence-corrected chi connectivity index (χ2v) is 5.82. The Morgan fingerprint density at radius 2 is 2.05 bits per heavy atom. The molecule has 2 rings (SSSR count). The van der Waals surface area contributed by atoms with Crippen LogP contribution in [0.1, 0.15) is 25.3 Å². The second kappa shape index (κ2) is 5.80. The molecule has 0 saturated carbocycles. The highest BCUT2D eigenvalue weighted by atomic mass is 35.5. The van der Waals surface area contributed by atoms with Gasteiger partial charge in [0.05, 0.1) is 0 Å². The van der Waals surface area contributed by atoms with Crippen molar-refractivity contribution in [2.45, 2.75) is 26.3 Å². The summed E-state index contributed by atoms with van der Waals surface area (Å²) in [5.41, 5.74) is 6.73. The fraction of sp³-hybridized carbons (Fsp3) is 0.500. The lowest BCUT2D eigenvalue weighted by Crippen LogP contribution is -2.45. The Hall–Kier alpha value is -1.26. The topological polar surface area (TPSA) is 61.9 Å². The van der Waals surface area contributed by atoms with Gasteiger partial charge in [0.1, 0.15) is 5.84 Å². The molecule has 0 spiro atoms. The van der Waals surface area contributed by atoms with Gasteiger partial charge in [-0.2, -0.15) is 0 Å². The number of benzene rings is 1. The van der Waals surface area contributed by atoms with Crippen molar-refractivity contribution in [1.82, 2.24) is 4.90 Å². The number of oxime groups is 1. The van der Waals surface area contributed by atoms with Gasteiger partial charge in [0.15, 0.2) is 0 Å². The molecule has 0 atom stereocenters. The highest BCUT2D eigenvalue weighted by Gasteiger charge is 2.34. The molecule has 1 saturated heterocycles. The predicted molar refractivity (Wildman–Crippen MR) is 77.5 cm³/mol. The third kappa shape index (κ3) is 3.19. The van der Waals surface area contributed by atoms with Crippen LogP contribution in [0.25, 0.3) is 0 Å². The van der Waals surface area contributed by atoms with Crippen LogP contribution in [0.2, 0.25) is 5.02 Å². The summed E-state index contributed by atoms with van der Waals surface area (Å²) in [5.74, 6) is 0.338. The average Bonchev–Trinajstić information content (AvgIpc) is 2.43. The van der Waals surface area contributed by atoms with Crippen molar-refractivity contribution in [2.24, 2.45) is 16.3 Å². The largest absolute Gasteiger partial charge is 0.409 e. The maximum absolute atomic E-state index is 8.82. The molecular formula is C14H20ClN3O. The number of hydrogen-bond donors (Lipinski definition) is 2. The minimum atomic E-state index is -0.189. The number of likely N-dealkylation sites (tertiary alicyclic amines) is 1. The summed E-state index contributed by atoms with van der Waals surface area (Å²) in [5, 5.41) is 12.8. The minimum absolute atomic E-state index is 0.189. The lowest BCUT2D eigenvalue weighted by molar-refractivity contribution is 0.153. The molecule has 1 fully saturated rings. The van der Waals surface area contributed by atoms with Crippen molar-refractivity contribution < 1.29 is 5.21 Å². The van der Waals surface area contributed by atoms with Crippen LogP contribution < -0.4 is 5.73 Å². The Kier molecular flexibility index (Phi) is 4.32. The summed E-state index contributed by atoms with van der Waals surface area (Å²) in [6.45, 7) is 4.76. The van der Waals surface area contributed by atoms with Gasteiger partial charge in [-0.25, -0.2) is 0 Å². The van der Waals surface area contributed by atoms with Crippen molar-refractivity contribution in [2.75, 3.05) is 13.1 Å². The molecule has 0 aromatic heterocycles. The zero-order chi connectivity index (χ0) is 13.9. The SMILES string of the molecule is CC1(/C(N)=N/O)CCN(Cc2ccccc2Cl)CC1. The first-order valence-corrected chi connectivity index (χ1v) is 6.87. The molecule has 0 unspecified atom stereocenters. The third-order valence-corrected chi connectivity index (χ3v) is 4.41. The van der Waals surface area contributed by atoms with Gasteiger partial charge in [-0.05, 0) is 37.6 Å². The first kappa shape index (κ1) is 14.2. The number of piperidine rings is 1. The number of nitrogens with two attached hydrogens (primary N) is 1. The van der Waals surface area contributed by atoms with E-state index in [4.69, 9.17) is 22.5 Å². The van der Waals surface area contributed by atoms with Gasteiger partial charge < -0.3 is 10.9 Å². The second-order valence-electron chi connectivity index (χ2n) is 5.41. The first-order chi connectivity index (χ1) is 9.05. The Morgan fingerprint density at radius 3 is 2.63 bits per heavy atom. The molecule has 0 amide bonds. The molecule has 1 aromatic carbocycles. The van der Waals surface area contributed by atoms with Gasteiger partial charge in [-0.1, -0.05) is 41.9 Å². The number of amidine groups is 1. The lowest BCUT2D eigenvalue weighted by Gasteiger charge is -2.38. The van der Waals surface area contributed by atoms with Gasteiger partial charge in [-0.3, -0.25) is 4.90 Å². The zero-order valence-electron chi connectivity index (χ0n) is 11.1. The van der Waals surface area contributed by atoms with E-state index in [2.05, 4.69) is 23.0 Å². The van der Waals surface area contributed by atoms with Gasteiger partial charge in [0.2, 0.25) is 0 Å². The lowest BCUT2D eigenvalue weighted by atomic mass is 9.79. The van der Waals surface area contributed by atoms with Gasteiger partial charge in [0.25, 0.3) is 0 Å². The van der Waals surface area contributed by atoms with E-state index in [0.717, 1.165) is 43.1 Å². The highest BCUT2D eigenvalue weighted by Crippen LogP contribution is 2.32. The summed E-state index contributed by atoms with van der Waals surface area (Å²) < 4.78 is 0. The Balaban J connectivity index is 1.96. The van der Waals surface area contributed by atoms with Crippen molar-refractivity contribution >= 4 is 17.4 Å². The zero-order valence-corrected chi connectivity index (χ0v) is 11.9. The van der Waals surface area contributed by atoms with E-state index in [1.54, 1.807) is 0 Å². The van der Waals surface area contributed by atoms with Gasteiger partial charge in [0, 0.05) is 17.0 Å². The molecule has 1 aliphatic rings. The maximum atomic E-state index is 8.82. The fourth-order valence-electron chi connectivity index (χ4n) is 2.45. The highest BCUT2D eigenvalue weighted by molar-refractivity contribution is 6.31. The molecule has 19 heavy (non-hydrogen) atoms. The average molecular weight is 282 g/mol. The Morgan fingerprint density at radius 1 is 1.42 bits per heavy atom. The first-order valence-electron chi connectivity index (χ1n) is 6.49. The molecular weight excluding hydrogens is 262 g/mol. The van der Waals surface area contributed by atoms with E-state index in [1.807, 2.05) is 18.2 Å². The smallest absolute Gasteiger partial charge is 0.145 e. The van der Waals surface area contributed by atoms with Crippen LogP contribution in [0.5, 0.6) is 0 Å². The quantitative estimate of drug-likeness (QED) is 0.388. The van der Waals surface area contributed by atoms with Crippen LogP contribution >= 0.6 is 11.6 Å². The summed E-state index contributed by atoms with van der Waals surface area (Å²) in [7, 11) is 0. The number of halogens is 1. The minimum Gasteiger partial charge on any atom is -0.409 e. The molecule has 5 heteroatoms. The Bertz CT molecular complexity index is 468. The van der Waals surface area contributed by atoms with Crippen molar-refractivity contribution in [3.63, 3.8) is 0 Å². The molecule has 3 N–H and O–H groups in total. The standard InChI is InChI=1S/C14H20ClN3O/c1-14(13(16)17-19)6-8-18(9-7-14)10-11-4-2-3-5-12(11)15/h2-5,19H,6-10H2,1H3,(H2,16,17). The van der Waals surface area contributed by atoms with Crippen LogP contribution in [0.15, 0.2) is 29.4 Å². The molecule has 0 radical (unpaired) electrons. The monoisotopic (exact) mass is 281 g/mol. The predicted octanol–water partition coefficient (Wildman–Crippen LogP) is 2.69. The molecule has 4 nitrogen and oxygen atoms in total. The normalized spacial score (nSPS) is 20.4. The number of hydrogen-bond acceptors (Lipinski definition) is 3. The third-order valence-electron chi connectivity index (χ3n) is 4.04. The van der Waals surface area contributed by atoms with E-state index >= 15 is 0 Å². The number of rotatable bonds is 3. The fourth-order valence-corrected chi connectivity index (χ4v) is 2.64. The van der Waals surface area contributed by atoms with E-state index < -0.39 is 0 Å². The Labute approximate surface area is 118 Å². The summed E-state index contributed by atoms with van der Waals surface area (Å²) in [6.07, 6.45) is 1.79. The number of nitrogens with zero attached hydrogens (tertiary/aromatic N) is 2. The van der Waals surface area contributed by atoms with Crippen molar-refractivity contribution in [3.8, 4) is 0 Å². The van der Waals surface area contributed by atoms with Gasteiger partial charge in [-0.15, -0.1) is 0 Å². The van der Waals surface area contributed by atoms with Crippen LogP contribution in [-0.2, 0) is 6.54 Å². The summed E-state index contributed by atoms with van der Waals surface area (Å²) in [4.78, 5) is 2.35. The molecule has 104 valence electrons. The van der Waals surface area contributed by atoms with E-state index in [0.29, 0.717) is 5.84 Å². The van der Waals surface area contributed by atoms with E-state index in [-0.39, 0.29) is 5.41 Å². The van der Waals surface area contributed by atoms with E-state index in [1.165, 1.54) is 0 Å². The van der Waals surface area contributed by atoms with Crippen LogP contribution in [0.3, 0.4) is 0 Å². The van der Waals surface area contributed by atoms with Crippen LogP contribution in [0.4, 0.5) is 0 Å². The van der Waals surface area contributed by atoms with Crippen LogP contribution in [0, 0.1) is 5.41 Å². The molecule has 0 aliphatic carbocycles.